The number of carbonyl (C=O) groups is 1. The van der Waals surface area contributed by atoms with Crippen LogP contribution in [0.2, 0.25) is 0 Å². The number of hydrogen-bond donors (Lipinski definition) is 4. The van der Waals surface area contributed by atoms with Crippen molar-refractivity contribution in [3.8, 4) is 0 Å². The van der Waals surface area contributed by atoms with E-state index in [9.17, 15) is 18.6 Å². The lowest BCUT2D eigenvalue weighted by molar-refractivity contribution is 0.0976. The third-order valence-electron chi connectivity index (χ3n) is 8.37. The molecule has 2 saturated heterocycles. The molecule has 2 aromatic rings. The molecule has 5 rings (SSSR count). The largest absolute Gasteiger partial charge is 0.384 e. The third kappa shape index (κ3) is 6.47. The number of benzene rings is 1. The van der Waals surface area contributed by atoms with Gasteiger partial charge in [0.1, 0.15) is 11.5 Å². The number of nitrogens with zero attached hydrogens (tertiary/aromatic N) is 2. The van der Waals surface area contributed by atoms with Crippen molar-refractivity contribution in [1.29, 1.82) is 5.41 Å². The number of aromatic nitrogens is 1. The van der Waals surface area contributed by atoms with Crippen molar-refractivity contribution < 1.29 is 17.9 Å². The Morgan fingerprint density at radius 3 is 2.42 bits per heavy atom. The maximum absolute atomic E-state index is 13.5. The van der Waals surface area contributed by atoms with Crippen LogP contribution in [0.15, 0.2) is 36.4 Å². The second-order valence-electron chi connectivity index (χ2n) is 11.1. The lowest BCUT2D eigenvalue weighted by Gasteiger charge is -2.36. The Kier molecular flexibility index (Phi) is 9.02. The molecular formula is C29H40N6O4S. The lowest BCUT2D eigenvalue weighted by Crippen LogP contribution is -2.44. The molecule has 0 unspecified atom stereocenters. The van der Waals surface area contributed by atoms with Crippen LogP contribution in [0.3, 0.4) is 0 Å². The van der Waals surface area contributed by atoms with Crippen LogP contribution in [-0.4, -0.2) is 70.2 Å². The maximum atomic E-state index is 13.5. The highest BCUT2D eigenvalue weighted by Gasteiger charge is 2.33. The monoisotopic (exact) mass is 568 g/mol. The molecule has 11 heteroatoms. The highest BCUT2D eigenvalue weighted by Crippen LogP contribution is 2.38. The van der Waals surface area contributed by atoms with E-state index in [1.165, 1.54) is 0 Å². The van der Waals surface area contributed by atoms with Crippen LogP contribution in [-0.2, 0) is 14.8 Å². The zero-order valence-corrected chi connectivity index (χ0v) is 23.9. The zero-order chi connectivity index (χ0) is 28.1. The van der Waals surface area contributed by atoms with Gasteiger partial charge in [-0.25, -0.2) is 18.1 Å². The van der Waals surface area contributed by atoms with E-state index in [1.54, 1.807) is 13.2 Å². The normalized spacial score (nSPS) is 19.2. The van der Waals surface area contributed by atoms with Crippen LogP contribution < -0.4 is 20.3 Å². The van der Waals surface area contributed by atoms with Crippen molar-refractivity contribution in [3.63, 3.8) is 0 Å². The number of piperidine rings is 2. The molecule has 4 N–H and O–H groups in total. The van der Waals surface area contributed by atoms with Crippen LogP contribution in [0.1, 0.15) is 61.0 Å². The number of ether oxygens (including phenoxy) is 1. The smallest absolute Gasteiger partial charge is 0.283 e. The van der Waals surface area contributed by atoms with Crippen molar-refractivity contribution >= 4 is 38.8 Å². The molecule has 1 aromatic carbocycles. The van der Waals surface area contributed by atoms with E-state index in [4.69, 9.17) is 4.74 Å². The molecule has 40 heavy (non-hydrogen) atoms. The fourth-order valence-corrected chi connectivity index (χ4v) is 7.15. The maximum Gasteiger partial charge on any atom is 0.283 e. The fraction of sp³-hybridized carbons (Fsp3) is 0.552. The van der Waals surface area contributed by atoms with Crippen molar-refractivity contribution in [1.82, 2.24) is 15.0 Å². The summed E-state index contributed by atoms with van der Waals surface area (Å²) < 4.78 is 33.9. The van der Waals surface area contributed by atoms with Gasteiger partial charge < -0.3 is 25.7 Å². The molecule has 1 aromatic heterocycles. The van der Waals surface area contributed by atoms with Gasteiger partial charge in [-0.15, -0.1) is 0 Å². The van der Waals surface area contributed by atoms with Gasteiger partial charge in [0, 0.05) is 44.1 Å². The minimum absolute atomic E-state index is 0.0233. The number of nitrogens with one attached hydrogen (secondary N) is 4. The van der Waals surface area contributed by atoms with Crippen molar-refractivity contribution in [2.75, 3.05) is 50.1 Å². The molecule has 3 fully saturated rings. The highest BCUT2D eigenvalue weighted by molar-refractivity contribution is 7.90. The van der Waals surface area contributed by atoms with E-state index >= 15 is 0 Å². The first-order chi connectivity index (χ1) is 19.4. The first kappa shape index (κ1) is 28.5. The molecule has 10 nitrogen and oxygen atoms in total. The van der Waals surface area contributed by atoms with Crippen LogP contribution in [0.5, 0.6) is 0 Å². The van der Waals surface area contributed by atoms with E-state index in [1.807, 2.05) is 30.3 Å². The second kappa shape index (κ2) is 12.7. The molecule has 0 bridgehead atoms. The second-order valence-corrected chi connectivity index (χ2v) is 13.1. The summed E-state index contributed by atoms with van der Waals surface area (Å²) in [5.74, 6) is 0.260. The summed E-state index contributed by atoms with van der Waals surface area (Å²) in [6.07, 6.45) is 5.77. The van der Waals surface area contributed by atoms with Gasteiger partial charge in [-0.3, -0.25) is 4.79 Å². The summed E-state index contributed by atoms with van der Waals surface area (Å²) in [4.78, 5) is 20.4. The molecule has 1 aliphatic carbocycles. The van der Waals surface area contributed by atoms with Gasteiger partial charge in [-0.2, -0.15) is 0 Å². The Morgan fingerprint density at radius 2 is 1.80 bits per heavy atom. The zero-order valence-electron chi connectivity index (χ0n) is 23.1. The number of pyridine rings is 1. The average Bonchev–Trinajstić information content (AvgIpc) is 2.93. The first-order valence-electron chi connectivity index (χ1n) is 14.3. The average molecular weight is 569 g/mol. The Hall–Kier alpha value is -3.02. The number of methoxy groups -OCH3 is 1. The number of carbonyl (C=O) groups excluding carboxylic acids is 1. The van der Waals surface area contributed by atoms with Gasteiger partial charge in [0.2, 0.25) is 10.0 Å². The van der Waals surface area contributed by atoms with Crippen LogP contribution >= 0.6 is 0 Å². The SMILES string of the molecule is COCC1CCN(c2cc(C(=O)NS(=O)(=O)C3CCNCC3)nc(Nc3ccccc3)c2C(=N)C2CCC2)CC1. The van der Waals surface area contributed by atoms with E-state index in [0.717, 1.165) is 56.6 Å². The van der Waals surface area contributed by atoms with E-state index in [-0.39, 0.29) is 11.6 Å². The van der Waals surface area contributed by atoms with Gasteiger partial charge >= 0.3 is 0 Å². The Labute approximate surface area is 236 Å². The summed E-state index contributed by atoms with van der Waals surface area (Å²) in [6.45, 7) is 3.41. The van der Waals surface area contributed by atoms with Gasteiger partial charge in [0.15, 0.2) is 0 Å². The standard InChI is InChI=1S/C29H40N6O4S/c1-39-19-20-12-16-35(17-13-20)25-18-24(29(36)34-40(37,38)23-10-14-31-15-11-23)33-28(32-22-8-3-2-4-9-22)26(25)27(30)21-6-5-7-21/h2-4,8-9,18,20-21,23,30-31H,5-7,10-17,19H2,1H3,(H,32,33)(H,34,36). The number of para-hydroxylation sites is 1. The van der Waals surface area contributed by atoms with E-state index in [0.29, 0.717) is 55.5 Å². The van der Waals surface area contributed by atoms with Gasteiger partial charge in [-0.1, -0.05) is 24.6 Å². The Balaban J connectivity index is 1.53. The molecule has 2 aliphatic heterocycles. The Morgan fingerprint density at radius 1 is 1.10 bits per heavy atom. The van der Waals surface area contributed by atoms with E-state index < -0.39 is 21.2 Å². The summed E-state index contributed by atoms with van der Waals surface area (Å²) in [6, 6.07) is 11.2. The number of sulfonamides is 1. The van der Waals surface area contributed by atoms with Gasteiger partial charge in [0.05, 0.1) is 16.5 Å². The molecule has 1 saturated carbocycles. The van der Waals surface area contributed by atoms with Gasteiger partial charge in [-0.05, 0) is 75.7 Å². The van der Waals surface area contributed by atoms with Crippen molar-refractivity contribution in [2.24, 2.45) is 11.8 Å². The molecule has 0 spiro atoms. The summed E-state index contributed by atoms with van der Waals surface area (Å²) in [7, 11) is -2.14. The summed E-state index contributed by atoms with van der Waals surface area (Å²) in [5, 5.41) is 15.1. The van der Waals surface area contributed by atoms with Crippen LogP contribution in [0, 0.1) is 17.2 Å². The molecule has 1 amide bonds. The molecule has 3 aliphatic rings. The minimum atomic E-state index is -3.86. The highest BCUT2D eigenvalue weighted by atomic mass is 32.2. The van der Waals surface area contributed by atoms with Crippen LogP contribution in [0.4, 0.5) is 17.2 Å². The number of anilines is 3. The molecule has 216 valence electrons. The topological polar surface area (TPSA) is 137 Å². The minimum Gasteiger partial charge on any atom is -0.384 e. The number of amides is 1. The van der Waals surface area contributed by atoms with E-state index in [2.05, 4.69) is 25.2 Å². The first-order valence-corrected chi connectivity index (χ1v) is 15.9. The predicted octanol–water partition coefficient (Wildman–Crippen LogP) is 3.67. The van der Waals surface area contributed by atoms with Crippen molar-refractivity contribution in [2.45, 2.75) is 50.2 Å². The number of hydrogen-bond acceptors (Lipinski definition) is 9. The molecule has 0 atom stereocenters. The fourth-order valence-electron chi connectivity index (χ4n) is 5.76. The van der Waals surface area contributed by atoms with Crippen molar-refractivity contribution in [3.05, 3.63) is 47.7 Å². The summed E-state index contributed by atoms with van der Waals surface area (Å²) in [5.41, 5.74) is 2.76. The van der Waals surface area contributed by atoms with Crippen LogP contribution in [0.25, 0.3) is 0 Å². The van der Waals surface area contributed by atoms with Gasteiger partial charge in [0.25, 0.3) is 5.91 Å². The molecule has 0 radical (unpaired) electrons. The number of rotatable bonds is 10. The predicted molar refractivity (Wildman–Crippen MR) is 157 cm³/mol. The lowest BCUT2D eigenvalue weighted by atomic mass is 9.79. The third-order valence-corrected chi connectivity index (χ3v) is 10.2. The Bertz CT molecular complexity index is 1300. The molecule has 3 heterocycles. The summed E-state index contributed by atoms with van der Waals surface area (Å²) >= 11 is 0. The quantitative estimate of drug-likeness (QED) is 0.319. The molecular weight excluding hydrogens is 528 g/mol.